The summed E-state index contributed by atoms with van der Waals surface area (Å²) in [5.74, 6) is -0.845. The molecule has 1 saturated heterocycles. The van der Waals surface area contributed by atoms with E-state index in [0.29, 0.717) is 29.6 Å². The van der Waals surface area contributed by atoms with E-state index in [9.17, 15) is 14.7 Å². The summed E-state index contributed by atoms with van der Waals surface area (Å²) < 4.78 is 0. The number of likely N-dealkylation sites (tertiary alicyclic amines) is 1. The molecule has 1 aromatic heterocycles. The van der Waals surface area contributed by atoms with E-state index in [4.69, 9.17) is 11.0 Å². The lowest BCUT2D eigenvalue weighted by atomic mass is 10.1. The van der Waals surface area contributed by atoms with Crippen LogP contribution in [0.3, 0.4) is 0 Å². The van der Waals surface area contributed by atoms with Crippen molar-refractivity contribution in [2.24, 2.45) is 5.73 Å². The van der Waals surface area contributed by atoms with Crippen LogP contribution in [-0.4, -0.2) is 39.4 Å². The molecule has 1 unspecified atom stereocenters. The molecule has 7 nitrogen and oxygen atoms in total. The Labute approximate surface area is 138 Å². The van der Waals surface area contributed by atoms with Gasteiger partial charge in [-0.2, -0.15) is 5.26 Å². The van der Waals surface area contributed by atoms with Gasteiger partial charge in [-0.3, -0.25) is 14.6 Å². The highest BCUT2D eigenvalue weighted by atomic mass is 16.3. The van der Waals surface area contributed by atoms with Crippen LogP contribution in [-0.2, 0) is 11.2 Å². The summed E-state index contributed by atoms with van der Waals surface area (Å²) in [6.45, 7) is 0.557. The molecular weight excluding hydrogens is 308 g/mol. The molecule has 3 rings (SSSR count). The van der Waals surface area contributed by atoms with Crippen LogP contribution in [0.15, 0.2) is 24.3 Å². The first-order valence-electron chi connectivity index (χ1n) is 7.61. The van der Waals surface area contributed by atoms with Gasteiger partial charge in [0.2, 0.25) is 11.8 Å². The molecule has 1 aromatic carbocycles. The van der Waals surface area contributed by atoms with Crippen molar-refractivity contribution < 1.29 is 14.7 Å². The second-order valence-corrected chi connectivity index (χ2v) is 5.78. The summed E-state index contributed by atoms with van der Waals surface area (Å²) in [7, 11) is 0. The summed E-state index contributed by atoms with van der Waals surface area (Å²) in [4.78, 5) is 30.0. The lowest BCUT2D eigenvalue weighted by Crippen LogP contribution is -2.35. The molecule has 2 aromatic rings. The van der Waals surface area contributed by atoms with E-state index in [1.807, 2.05) is 0 Å². The van der Waals surface area contributed by atoms with Gasteiger partial charge in [-0.25, -0.2) is 0 Å². The van der Waals surface area contributed by atoms with Crippen LogP contribution < -0.4 is 5.73 Å². The zero-order valence-corrected chi connectivity index (χ0v) is 12.9. The van der Waals surface area contributed by atoms with E-state index in [-0.39, 0.29) is 23.6 Å². The van der Waals surface area contributed by atoms with Gasteiger partial charge in [-0.05, 0) is 37.1 Å². The van der Waals surface area contributed by atoms with Gasteiger partial charge in [0.05, 0.1) is 29.3 Å². The van der Waals surface area contributed by atoms with Crippen LogP contribution in [0.2, 0.25) is 0 Å². The molecule has 1 atom stereocenters. The van der Waals surface area contributed by atoms with Crippen molar-refractivity contribution >= 4 is 22.7 Å². The Hall–Kier alpha value is -3.14. The van der Waals surface area contributed by atoms with Gasteiger partial charge in [0.15, 0.2) is 0 Å². The number of hydrogen-bond acceptors (Lipinski definition) is 5. The number of primary amides is 1. The van der Waals surface area contributed by atoms with Crippen molar-refractivity contribution in [2.45, 2.75) is 25.3 Å². The number of hydrogen-bond donors (Lipinski definition) is 2. The maximum atomic E-state index is 12.4. The number of amides is 2. The quantitative estimate of drug-likeness (QED) is 0.875. The van der Waals surface area contributed by atoms with Crippen LogP contribution in [0.5, 0.6) is 5.75 Å². The van der Waals surface area contributed by atoms with Crippen LogP contribution in [0, 0.1) is 11.3 Å². The molecule has 1 aliphatic heterocycles. The van der Waals surface area contributed by atoms with E-state index >= 15 is 0 Å². The van der Waals surface area contributed by atoms with E-state index in [1.165, 1.54) is 18.2 Å². The average molecular weight is 324 g/mol. The summed E-state index contributed by atoms with van der Waals surface area (Å²) in [5.41, 5.74) is 6.50. The van der Waals surface area contributed by atoms with Crippen LogP contribution >= 0.6 is 0 Å². The molecule has 2 heterocycles. The second-order valence-electron chi connectivity index (χ2n) is 5.78. The molecular formula is C17H16N4O3. The molecule has 0 bridgehead atoms. The summed E-state index contributed by atoms with van der Waals surface area (Å²) in [5, 5.41) is 19.1. The predicted molar refractivity (Wildman–Crippen MR) is 86.0 cm³/mol. The molecule has 122 valence electrons. The normalized spacial score (nSPS) is 17.0. The lowest BCUT2D eigenvalue weighted by Gasteiger charge is -2.19. The number of carbonyl (C=O) groups is 2. The highest BCUT2D eigenvalue weighted by Gasteiger charge is 2.28. The third kappa shape index (κ3) is 2.86. The highest BCUT2D eigenvalue weighted by Crippen LogP contribution is 2.24. The first-order valence-corrected chi connectivity index (χ1v) is 7.61. The lowest BCUT2D eigenvalue weighted by molar-refractivity contribution is -0.130. The fraction of sp³-hybridized carbons (Fsp3) is 0.294. The van der Waals surface area contributed by atoms with E-state index in [2.05, 4.69) is 11.1 Å². The van der Waals surface area contributed by atoms with Gasteiger partial charge in [-0.1, -0.05) is 0 Å². The van der Waals surface area contributed by atoms with Crippen molar-refractivity contribution in [2.75, 3.05) is 6.54 Å². The van der Waals surface area contributed by atoms with Gasteiger partial charge < -0.3 is 15.7 Å². The van der Waals surface area contributed by atoms with Crippen molar-refractivity contribution in [3.63, 3.8) is 0 Å². The molecule has 0 radical (unpaired) electrons. The molecule has 0 saturated carbocycles. The molecule has 2 amide bonds. The number of phenolic OH excluding ortho intramolecular Hbond substituents is 1. The number of nitrogens with zero attached hydrogens (tertiary/aromatic N) is 3. The Morgan fingerprint density at radius 1 is 1.42 bits per heavy atom. The van der Waals surface area contributed by atoms with Crippen LogP contribution in [0.4, 0.5) is 0 Å². The van der Waals surface area contributed by atoms with Crippen LogP contribution in [0.25, 0.3) is 10.9 Å². The fourth-order valence-electron chi connectivity index (χ4n) is 3.02. The molecule has 24 heavy (non-hydrogen) atoms. The average Bonchev–Trinajstić information content (AvgIpc) is 3.03. The number of carbonyl (C=O) groups excluding carboxylic acids is 2. The predicted octanol–water partition coefficient (Wildman–Crippen LogP) is 1.10. The van der Waals surface area contributed by atoms with Gasteiger partial charge >= 0.3 is 0 Å². The minimum atomic E-state index is -0.655. The zero-order chi connectivity index (χ0) is 17.3. The molecule has 7 heteroatoms. The third-order valence-corrected chi connectivity index (χ3v) is 4.17. The van der Waals surface area contributed by atoms with Crippen LogP contribution in [0.1, 0.15) is 28.9 Å². The van der Waals surface area contributed by atoms with Gasteiger partial charge in [0.1, 0.15) is 11.8 Å². The number of nitriles is 1. The Balaban J connectivity index is 1.95. The van der Waals surface area contributed by atoms with E-state index < -0.39 is 11.9 Å². The molecule has 0 spiro atoms. The van der Waals surface area contributed by atoms with Crippen molar-refractivity contribution in [1.82, 2.24) is 9.88 Å². The smallest absolute Gasteiger partial charge is 0.249 e. The maximum Gasteiger partial charge on any atom is 0.249 e. The van der Waals surface area contributed by atoms with Gasteiger partial charge in [-0.15, -0.1) is 0 Å². The van der Waals surface area contributed by atoms with Crippen molar-refractivity contribution in [3.05, 3.63) is 35.5 Å². The summed E-state index contributed by atoms with van der Waals surface area (Å²) in [6, 6.07) is 7.64. The monoisotopic (exact) mass is 324 g/mol. The number of phenols is 1. The zero-order valence-electron chi connectivity index (χ0n) is 12.9. The third-order valence-electron chi connectivity index (χ3n) is 4.17. The second kappa shape index (κ2) is 6.16. The first kappa shape index (κ1) is 15.7. The number of rotatable bonds is 3. The topological polar surface area (TPSA) is 120 Å². The Kier molecular flexibility index (Phi) is 4.04. The number of aromatic nitrogens is 1. The van der Waals surface area contributed by atoms with E-state index in [1.54, 1.807) is 11.0 Å². The molecule has 3 N–H and O–H groups in total. The SMILES string of the molecule is N#CC1CCCN1C(=O)Cc1cc(C(N)=O)c2cc(O)ccc2n1. The minimum Gasteiger partial charge on any atom is -0.508 e. The van der Waals surface area contributed by atoms with Crippen molar-refractivity contribution in [1.29, 1.82) is 5.26 Å². The Bertz CT molecular complexity index is 872. The van der Waals surface area contributed by atoms with Crippen molar-refractivity contribution in [3.8, 4) is 11.8 Å². The minimum absolute atomic E-state index is 0.00422. The number of fused-ring (bicyclic) bond motifs is 1. The molecule has 0 aliphatic carbocycles. The highest BCUT2D eigenvalue weighted by molar-refractivity contribution is 6.06. The van der Waals surface area contributed by atoms with Gasteiger partial charge in [0.25, 0.3) is 0 Å². The standard InChI is InChI=1S/C17H16N4O3/c18-9-11-2-1-5-21(11)16(23)7-10-6-14(17(19)24)13-8-12(22)3-4-15(13)20-10/h3-4,6,8,11,22H,1-2,5,7H2,(H2,19,24). The van der Waals surface area contributed by atoms with Gasteiger partial charge in [0, 0.05) is 11.9 Å². The summed E-state index contributed by atoms with van der Waals surface area (Å²) in [6.07, 6.45) is 1.48. The van der Waals surface area contributed by atoms with E-state index in [0.717, 1.165) is 6.42 Å². The number of pyridine rings is 1. The molecule has 1 aliphatic rings. The Morgan fingerprint density at radius 3 is 2.92 bits per heavy atom. The fourth-order valence-corrected chi connectivity index (χ4v) is 3.02. The molecule has 1 fully saturated rings. The largest absolute Gasteiger partial charge is 0.508 e. The number of benzene rings is 1. The maximum absolute atomic E-state index is 12.4. The first-order chi connectivity index (χ1) is 11.5. The number of nitrogens with two attached hydrogens (primary N) is 1. The summed E-state index contributed by atoms with van der Waals surface area (Å²) >= 11 is 0. The Morgan fingerprint density at radius 2 is 2.21 bits per heavy atom. The number of aromatic hydroxyl groups is 1.